The van der Waals surface area contributed by atoms with Gasteiger partial charge in [0.05, 0.1) is 11.3 Å². The zero-order valence-electron chi connectivity index (χ0n) is 15.3. The fourth-order valence-corrected chi connectivity index (χ4v) is 3.43. The molecule has 0 fully saturated rings. The number of rotatable bonds is 8. The molecule has 1 heterocycles. The molecular weight excluding hydrogens is 370 g/mol. The molecule has 6 heteroatoms. The minimum absolute atomic E-state index is 0.115. The number of thioether (sulfide) groups is 1. The van der Waals surface area contributed by atoms with Gasteiger partial charge in [-0.2, -0.15) is 0 Å². The zero-order valence-corrected chi connectivity index (χ0v) is 16.1. The van der Waals surface area contributed by atoms with Crippen LogP contribution in [0.3, 0.4) is 0 Å². The summed E-state index contributed by atoms with van der Waals surface area (Å²) in [6.07, 6.45) is 3.76. The fraction of sp³-hybridized carbons (Fsp3) is 0.136. The Kier molecular flexibility index (Phi) is 7.21. The van der Waals surface area contributed by atoms with E-state index in [2.05, 4.69) is 15.6 Å². The molecule has 0 aliphatic carbocycles. The Bertz CT molecular complexity index is 917. The highest BCUT2D eigenvalue weighted by atomic mass is 32.2. The van der Waals surface area contributed by atoms with E-state index in [1.807, 2.05) is 42.5 Å². The molecule has 2 N–H and O–H groups in total. The van der Waals surface area contributed by atoms with Crippen molar-refractivity contribution in [1.82, 2.24) is 10.3 Å². The van der Waals surface area contributed by atoms with Crippen molar-refractivity contribution in [3.63, 3.8) is 0 Å². The van der Waals surface area contributed by atoms with E-state index in [1.165, 1.54) is 0 Å². The van der Waals surface area contributed by atoms with E-state index in [0.29, 0.717) is 30.0 Å². The second-order valence-corrected chi connectivity index (χ2v) is 7.22. The summed E-state index contributed by atoms with van der Waals surface area (Å²) in [5.41, 5.74) is 1.87. The maximum atomic E-state index is 12.5. The highest BCUT2D eigenvalue weighted by Crippen LogP contribution is 2.19. The number of para-hydroxylation sites is 1. The molecule has 0 saturated carbocycles. The number of amides is 2. The maximum Gasteiger partial charge on any atom is 0.253 e. The van der Waals surface area contributed by atoms with Crippen LogP contribution in [-0.2, 0) is 11.3 Å². The maximum absolute atomic E-state index is 12.5. The van der Waals surface area contributed by atoms with Crippen LogP contribution in [0.1, 0.15) is 22.3 Å². The summed E-state index contributed by atoms with van der Waals surface area (Å²) in [4.78, 5) is 30.0. The van der Waals surface area contributed by atoms with E-state index in [-0.39, 0.29) is 11.8 Å². The summed E-state index contributed by atoms with van der Waals surface area (Å²) in [7, 11) is 0. The predicted octanol–water partition coefficient (Wildman–Crippen LogP) is 4.13. The Morgan fingerprint density at radius 2 is 1.71 bits per heavy atom. The van der Waals surface area contributed by atoms with Crippen molar-refractivity contribution in [3.8, 4) is 0 Å². The van der Waals surface area contributed by atoms with Gasteiger partial charge in [0.1, 0.15) is 0 Å². The standard InChI is InChI=1S/C22H21N3O2S/c26-21(12-14-28-18-8-2-1-3-9-18)25-20-11-5-4-10-19(20)22(27)24-16-17-7-6-13-23-15-17/h1-11,13,15H,12,14,16H2,(H,24,27)(H,25,26). The van der Waals surface area contributed by atoms with Gasteiger partial charge in [-0.1, -0.05) is 36.4 Å². The topological polar surface area (TPSA) is 71.1 Å². The molecule has 28 heavy (non-hydrogen) atoms. The van der Waals surface area contributed by atoms with Crippen LogP contribution in [0.5, 0.6) is 0 Å². The van der Waals surface area contributed by atoms with Gasteiger partial charge in [-0.15, -0.1) is 11.8 Å². The molecule has 142 valence electrons. The molecule has 0 spiro atoms. The summed E-state index contributed by atoms with van der Waals surface area (Å²) in [5.74, 6) is 0.319. The van der Waals surface area contributed by atoms with Crippen LogP contribution in [0.4, 0.5) is 5.69 Å². The molecule has 0 atom stereocenters. The van der Waals surface area contributed by atoms with Gasteiger partial charge in [0.2, 0.25) is 5.91 Å². The second-order valence-electron chi connectivity index (χ2n) is 6.05. The average molecular weight is 391 g/mol. The number of nitrogens with zero attached hydrogens (tertiary/aromatic N) is 1. The van der Waals surface area contributed by atoms with Crippen molar-refractivity contribution in [3.05, 3.63) is 90.3 Å². The molecule has 0 radical (unpaired) electrons. The molecule has 0 unspecified atom stereocenters. The SMILES string of the molecule is O=C(CCSc1ccccc1)Nc1ccccc1C(=O)NCc1cccnc1. The van der Waals surface area contributed by atoms with E-state index < -0.39 is 0 Å². The largest absolute Gasteiger partial charge is 0.348 e. The molecular formula is C22H21N3O2S. The monoisotopic (exact) mass is 391 g/mol. The lowest BCUT2D eigenvalue weighted by Crippen LogP contribution is -2.25. The normalized spacial score (nSPS) is 10.3. The number of nitrogens with one attached hydrogen (secondary N) is 2. The van der Waals surface area contributed by atoms with Crippen LogP contribution < -0.4 is 10.6 Å². The number of carbonyl (C=O) groups excluding carboxylic acids is 2. The van der Waals surface area contributed by atoms with Gasteiger partial charge in [-0.05, 0) is 35.9 Å². The van der Waals surface area contributed by atoms with Gasteiger partial charge >= 0.3 is 0 Å². The van der Waals surface area contributed by atoms with E-state index in [0.717, 1.165) is 10.5 Å². The van der Waals surface area contributed by atoms with Crippen LogP contribution >= 0.6 is 11.8 Å². The first-order chi connectivity index (χ1) is 13.7. The number of aromatic nitrogens is 1. The third-order valence-electron chi connectivity index (χ3n) is 3.96. The zero-order chi connectivity index (χ0) is 19.6. The first-order valence-corrected chi connectivity index (χ1v) is 9.95. The summed E-state index contributed by atoms with van der Waals surface area (Å²) in [6, 6.07) is 20.7. The molecule has 2 amide bonds. The minimum atomic E-state index is -0.238. The number of anilines is 1. The summed E-state index contributed by atoms with van der Waals surface area (Å²) >= 11 is 1.63. The average Bonchev–Trinajstić information content (AvgIpc) is 2.74. The fourth-order valence-electron chi connectivity index (χ4n) is 2.56. The smallest absolute Gasteiger partial charge is 0.253 e. The van der Waals surface area contributed by atoms with Crippen molar-refractivity contribution in [1.29, 1.82) is 0 Å². The summed E-state index contributed by atoms with van der Waals surface area (Å²) in [5, 5.41) is 5.71. The third-order valence-corrected chi connectivity index (χ3v) is 4.98. The first-order valence-electron chi connectivity index (χ1n) is 8.96. The molecule has 2 aromatic carbocycles. The summed E-state index contributed by atoms with van der Waals surface area (Å²) in [6.45, 7) is 0.378. The highest BCUT2D eigenvalue weighted by Gasteiger charge is 2.13. The molecule has 3 aromatic rings. The quantitative estimate of drug-likeness (QED) is 0.567. The van der Waals surface area contributed by atoms with Gasteiger partial charge in [-0.3, -0.25) is 14.6 Å². The van der Waals surface area contributed by atoms with Crippen molar-refractivity contribution in [2.75, 3.05) is 11.1 Å². The molecule has 0 aliphatic heterocycles. The van der Waals surface area contributed by atoms with Gasteiger partial charge in [-0.25, -0.2) is 0 Å². The Hall–Kier alpha value is -3.12. The number of benzene rings is 2. The van der Waals surface area contributed by atoms with Crippen LogP contribution in [0.2, 0.25) is 0 Å². The Balaban J connectivity index is 1.54. The molecule has 0 saturated heterocycles. The molecule has 3 rings (SSSR count). The molecule has 1 aromatic heterocycles. The highest BCUT2D eigenvalue weighted by molar-refractivity contribution is 7.99. The van der Waals surface area contributed by atoms with Gasteiger partial charge in [0, 0.05) is 36.0 Å². The lowest BCUT2D eigenvalue weighted by molar-refractivity contribution is -0.115. The van der Waals surface area contributed by atoms with Gasteiger partial charge in [0.25, 0.3) is 5.91 Å². The summed E-state index contributed by atoms with van der Waals surface area (Å²) < 4.78 is 0. The van der Waals surface area contributed by atoms with E-state index >= 15 is 0 Å². The van der Waals surface area contributed by atoms with Gasteiger partial charge in [0.15, 0.2) is 0 Å². The Morgan fingerprint density at radius 3 is 2.50 bits per heavy atom. The van der Waals surface area contributed by atoms with Gasteiger partial charge < -0.3 is 10.6 Å². The van der Waals surface area contributed by atoms with Crippen LogP contribution in [0.15, 0.2) is 84.0 Å². The number of hydrogen-bond donors (Lipinski definition) is 2. The Labute approximate surface area is 168 Å². The van der Waals surface area contributed by atoms with Crippen LogP contribution in [0.25, 0.3) is 0 Å². The van der Waals surface area contributed by atoms with Crippen LogP contribution in [-0.4, -0.2) is 22.6 Å². The third kappa shape index (κ3) is 5.96. The minimum Gasteiger partial charge on any atom is -0.348 e. The first kappa shape index (κ1) is 19.6. The number of pyridine rings is 1. The Morgan fingerprint density at radius 1 is 0.929 bits per heavy atom. The lowest BCUT2D eigenvalue weighted by Gasteiger charge is -2.11. The van der Waals surface area contributed by atoms with Crippen molar-refractivity contribution < 1.29 is 9.59 Å². The van der Waals surface area contributed by atoms with E-state index in [4.69, 9.17) is 0 Å². The van der Waals surface area contributed by atoms with Crippen molar-refractivity contribution in [2.45, 2.75) is 17.9 Å². The van der Waals surface area contributed by atoms with Crippen molar-refractivity contribution >= 4 is 29.3 Å². The second kappa shape index (κ2) is 10.3. The number of carbonyl (C=O) groups is 2. The van der Waals surface area contributed by atoms with E-state index in [1.54, 1.807) is 48.4 Å². The van der Waals surface area contributed by atoms with Crippen molar-refractivity contribution in [2.24, 2.45) is 0 Å². The van der Waals surface area contributed by atoms with Crippen LogP contribution in [0, 0.1) is 0 Å². The molecule has 0 bridgehead atoms. The molecule has 5 nitrogen and oxygen atoms in total. The molecule has 0 aliphatic rings. The lowest BCUT2D eigenvalue weighted by atomic mass is 10.1. The number of hydrogen-bond acceptors (Lipinski definition) is 4. The predicted molar refractivity (Wildman–Crippen MR) is 112 cm³/mol. The van der Waals surface area contributed by atoms with E-state index in [9.17, 15) is 9.59 Å².